The van der Waals surface area contributed by atoms with Crippen LogP contribution in [0.4, 0.5) is 0 Å². The van der Waals surface area contributed by atoms with Gasteiger partial charge in [-0.2, -0.15) is 0 Å². The maximum atomic E-state index is 10.1. The molecule has 1 aliphatic rings. The minimum absolute atomic E-state index is 0.306. The number of rotatable bonds is 4. The first-order valence-corrected chi connectivity index (χ1v) is 7.76. The van der Waals surface area contributed by atoms with Crippen molar-refractivity contribution in [3.8, 4) is 0 Å². The molecule has 2 aromatic rings. The summed E-state index contributed by atoms with van der Waals surface area (Å²) in [5, 5.41) is 13.5. The van der Waals surface area contributed by atoms with Crippen molar-refractivity contribution in [2.24, 2.45) is 0 Å². The number of aliphatic hydroxyl groups excluding tert-OH is 1. The largest absolute Gasteiger partial charge is 0.467 e. The van der Waals surface area contributed by atoms with E-state index in [0.29, 0.717) is 18.3 Å². The van der Waals surface area contributed by atoms with Crippen molar-refractivity contribution in [2.75, 3.05) is 6.54 Å². The molecule has 0 aliphatic heterocycles. The van der Waals surface area contributed by atoms with E-state index in [1.807, 2.05) is 0 Å². The molecule has 0 saturated heterocycles. The minimum atomic E-state index is -0.595. The highest BCUT2D eigenvalue weighted by molar-refractivity contribution is 9.10. The molecule has 4 heteroatoms. The number of benzene rings is 1. The highest BCUT2D eigenvalue weighted by Crippen LogP contribution is 2.32. The van der Waals surface area contributed by atoms with Crippen LogP contribution in [0.3, 0.4) is 0 Å². The van der Waals surface area contributed by atoms with Crippen LogP contribution < -0.4 is 5.32 Å². The second kappa shape index (κ2) is 6.12. The van der Waals surface area contributed by atoms with Crippen molar-refractivity contribution >= 4 is 15.9 Å². The number of fused-ring (bicyclic) bond motifs is 1. The molecule has 20 heavy (non-hydrogen) atoms. The van der Waals surface area contributed by atoms with E-state index in [0.717, 1.165) is 17.3 Å². The van der Waals surface area contributed by atoms with Gasteiger partial charge in [0.2, 0.25) is 0 Å². The van der Waals surface area contributed by atoms with Crippen LogP contribution in [0, 0.1) is 0 Å². The predicted molar refractivity (Wildman–Crippen MR) is 81.5 cm³/mol. The Bertz CT molecular complexity index is 568. The Hall–Kier alpha value is -1.10. The first kappa shape index (κ1) is 13.9. The molecule has 1 heterocycles. The third-order valence-electron chi connectivity index (χ3n) is 3.85. The molecule has 0 bridgehead atoms. The van der Waals surface area contributed by atoms with Crippen LogP contribution in [0.2, 0.25) is 0 Å². The van der Waals surface area contributed by atoms with Gasteiger partial charge in [-0.05, 0) is 54.7 Å². The maximum absolute atomic E-state index is 10.1. The van der Waals surface area contributed by atoms with Gasteiger partial charge in [0.1, 0.15) is 11.9 Å². The van der Waals surface area contributed by atoms with Gasteiger partial charge in [-0.15, -0.1) is 0 Å². The molecule has 0 amide bonds. The van der Waals surface area contributed by atoms with Crippen molar-refractivity contribution < 1.29 is 9.52 Å². The quantitative estimate of drug-likeness (QED) is 0.894. The van der Waals surface area contributed by atoms with Crippen LogP contribution in [0.15, 0.2) is 45.5 Å². The summed E-state index contributed by atoms with van der Waals surface area (Å²) in [6.07, 6.45) is 4.42. The maximum Gasteiger partial charge on any atom is 0.133 e. The molecule has 2 N–H and O–H groups in total. The lowest BCUT2D eigenvalue weighted by molar-refractivity contribution is 0.142. The Labute approximate surface area is 127 Å². The second-order valence-electron chi connectivity index (χ2n) is 5.23. The molecule has 2 atom stereocenters. The Morgan fingerprint density at radius 2 is 2.30 bits per heavy atom. The average molecular weight is 336 g/mol. The molecule has 1 aromatic heterocycles. The predicted octanol–water partition coefficient (Wildman–Crippen LogP) is 3.74. The number of aryl methyl sites for hydroxylation is 1. The van der Waals surface area contributed by atoms with Crippen LogP contribution in [-0.4, -0.2) is 11.7 Å². The van der Waals surface area contributed by atoms with E-state index in [1.54, 1.807) is 18.4 Å². The third-order valence-corrected chi connectivity index (χ3v) is 4.34. The lowest BCUT2D eigenvalue weighted by Crippen LogP contribution is -2.29. The van der Waals surface area contributed by atoms with Gasteiger partial charge >= 0.3 is 0 Å². The topological polar surface area (TPSA) is 45.4 Å². The highest BCUT2D eigenvalue weighted by Gasteiger charge is 2.21. The fourth-order valence-electron chi connectivity index (χ4n) is 2.82. The van der Waals surface area contributed by atoms with Crippen molar-refractivity contribution in [1.29, 1.82) is 0 Å². The zero-order valence-corrected chi connectivity index (χ0v) is 12.8. The zero-order chi connectivity index (χ0) is 13.9. The van der Waals surface area contributed by atoms with Crippen LogP contribution >= 0.6 is 15.9 Å². The van der Waals surface area contributed by atoms with E-state index < -0.39 is 6.10 Å². The van der Waals surface area contributed by atoms with Gasteiger partial charge in [-0.1, -0.05) is 22.0 Å². The van der Waals surface area contributed by atoms with Crippen LogP contribution in [0.1, 0.15) is 41.9 Å². The normalized spacial score (nSPS) is 19.6. The van der Waals surface area contributed by atoms with Gasteiger partial charge in [0.15, 0.2) is 0 Å². The molecule has 2 unspecified atom stereocenters. The fraction of sp³-hybridized carbons (Fsp3) is 0.375. The van der Waals surface area contributed by atoms with E-state index in [4.69, 9.17) is 4.42 Å². The lowest BCUT2D eigenvalue weighted by Gasteiger charge is -2.27. The van der Waals surface area contributed by atoms with E-state index in [9.17, 15) is 5.11 Å². The SMILES string of the molecule is OC(CNC1CCCc2ccc(Br)cc21)c1ccco1. The molecule has 0 radical (unpaired) electrons. The minimum Gasteiger partial charge on any atom is -0.467 e. The van der Waals surface area contributed by atoms with Crippen molar-refractivity contribution in [3.05, 3.63) is 58.0 Å². The molecule has 1 aromatic carbocycles. The number of nitrogens with one attached hydrogen (secondary N) is 1. The number of halogens is 1. The summed E-state index contributed by atoms with van der Waals surface area (Å²) in [7, 11) is 0. The number of hydrogen-bond acceptors (Lipinski definition) is 3. The summed E-state index contributed by atoms with van der Waals surface area (Å²) in [5.74, 6) is 0.614. The molecule has 1 aliphatic carbocycles. The van der Waals surface area contributed by atoms with Crippen LogP contribution in [0.25, 0.3) is 0 Å². The summed E-state index contributed by atoms with van der Waals surface area (Å²) in [6.45, 7) is 0.504. The molecular weight excluding hydrogens is 318 g/mol. The molecule has 106 valence electrons. The number of furan rings is 1. The zero-order valence-electron chi connectivity index (χ0n) is 11.2. The van der Waals surface area contributed by atoms with Gasteiger partial charge in [-0.3, -0.25) is 0 Å². The van der Waals surface area contributed by atoms with Gasteiger partial charge < -0.3 is 14.8 Å². The van der Waals surface area contributed by atoms with Gasteiger partial charge in [0.05, 0.1) is 6.26 Å². The van der Waals surface area contributed by atoms with Crippen molar-refractivity contribution in [2.45, 2.75) is 31.4 Å². The monoisotopic (exact) mass is 335 g/mol. The summed E-state index contributed by atoms with van der Waals surface area (Å²) in [6, 6.07) is 10.4. The highest BCUT2D eigenvalue weighted by atomic mass is 79.9. The smallest absolute Gasteiger partial charge is 0.133 e. The average Bonchev–Trinajstić information content (AvgIpc) is 2.99. The van der Waals surface area contributed by atoms with Crippen molar-refractivity contribution in [1.82, 2.24) is 5.32 Å². The summed E-state index contributed by atoms with van der Waals surface area (Å²) in [5.41, 5.74) is 2.75. The molecule has 0 spiro atoms. The Balaban J connectivity index is 1.69. The summed E-state index contributed by atoms with van der Waals surface area (Å²) >= 11 is 3.54. The number of aliphatic hydroxyl groups is 1. The van der Waals surface area contributed by atoms with E-state index in [-0.39, 0.29) is 0 Å². The Morgan fingerprint density at radius 3 is 3.10 bits per heavy atom. The van der Waals surface area contributed by atoms with Gasteiger partial charge in [-0.25, -0.2) is 0 Å². The third kappa shape index (κ3) is 2.97. The van der Waals surface area contributed by atoms with Crippen LogP contribution in [-0.2, 0) is 6.42 Å². The second-order valence-corrected chi connectivity index (χ2v) is 6.14. The fourth-order valence-corrected chi connectivity index (χ4v) is 3.20. The molecule has 0 fully saturated rings. The molecule has 3 rings (SSSR count). The summed E-state index contributed by atoms with van der Waals surface area (Å²) in [4.78, 5) is 0. The van der Waals surface area contributed by atoms with Gasteiger partial charge in [0, 0.05) is 17.1 Å². The molecular formula is C16H18BrNO2. The van der Waals surface area contributed by atoms with Crippen LogP contribution in [0.5, 0.6) is 0 Å². The molecule has 0 saturated carbocycles. The Kier molecular flexibility index (Phi) is 4.24. The van der Waals surface area contributed by atoms with Gasteiger partial charge in [0.25, 0.3) is 0 Å². The number of hydrogen-bond donors (Lipinski definition) is 2. The van der Waals surface area contributed by atoms with E-state index in [2.05, 4.69) is 39.4 Å². The lowest BCUT2D eigenvalue weighted by atomic mass is 9.87. The molecule has 3 nitrogen and oxygen atoms in total. The first-order valence-electron chi connectivity index (χ1n) is 6.97. The Morgan fingerprint density at radius 1 is 1.40 bits per heavy atom. The van der Waals surface area contributed by atoms with Crippen molar-refractivity contribution in [3.63, 3.8) is 0 Å². The van der Waals surface area contributed by atoms with E-state index >= 15 is 0 Å². The summed E-state index contributed by atoms with van der Waals surface area (Å²) < 4.78 is 6.33. The first-order chi connectivity index (χ1) is 9.74. The standard InChI is InChI=1S/C16H18BrNO2/c17-12-7-6-11-3-1-4-14(13(11)9-12)18-10-15(19)16-5-2-8-20-16/h2,5-9,14-15,18-19H,1,3-4,10H2. The van der Waals surface area contributed by atoms with E-state index in [1.165, 1.54) is 17.5 Å².